The average Bonchev–Trinajstić information content (AvgIpc) is 3.48. The van der Waals surface area contributed by atoms with Gasteiger partial charge in [0.25, 0.3) is 5.56 Å². The van der Waals surface area contributed by atoms with Gasteiger partial charge in [-0.2, -0.15) is 0 Å². The van der Waals surface area contributed by atoms with Gasteiger partial charge in [0, 0.05) is 16.1 Å². The summed E-state index contributed by atoms with van der Waals surface area (Å²) in [6.07, 6.45) is 1.60. The van der Waals surface area contributed by atoms with Crippen LogP contribution in [-0.2, 0) is 9.53 Å². The van der Waals surface area contributed by atoms with Crippen LogP contribution < -0.4 is 14.9 Å². The number of carboxylic acids is 1. The highest BCUT2D eigenvalue weighted by molar-refractivity contribution is 9.10. The van der Waals surface area contributed by atoms with Crippen LogP contribution in [0.2, 0.25) is 0 Å². The molecule has 10 heteroatoms. The molecular weight excluding hydrogens is 572 g/mol. The van der Waals surface area contributed by atoms with Gasteiger partial charge in [-0.1, -0.05) is 57.6 Å². The Morgan fingerprint density at radius 1 is 1.16 bits per heavy atom. The van der Waals surface area contributed by atoms with Crippen molar-refractivity contribution in [3.8, 4) is 11.3 Å². The van der Waals surface area contributed by atoms with Crippen molar-refractivity contribution in [2.45, 2.75) is 19.9 Å². The predicted octanol–water partition coefficient (Wildman–Crippen LogP) is 4.52. The molecule has 1 unspecified atom stereocenters. The van der Waals surface area contributed by atoms with E-state index >= 15 is 0 Å². The molecular formula is C28H21BrN2O6S. The number of thiazole rings is 1. The molecule has 0 radical (unpaired) electrons. The van der Waals surface area contributed by atoms with Gasteiger partial charge in [0.1, 0.15) is 11.5 Å². The molecule has 0 fully saturated rings. The first-order valence-electron chi connectivity index (χ1n) is 11.7. The van der Waals surface area contributed by atoms with Gasteiger partial charge in [-0.25, -0.2) is 14.6 Å². The van der Waals surface area contributed by atoms with Crippen molar-refractivity contribution in [2.24, 2.45) is 4.99 Å². The van der Waals surface area contributed by atoms with E-state index in [1.165, 1.54) is 22.0 Å². The lowest BCUT2D eigenvalue weighted by molar-refractivity contribution is -0.139. The molecule has 1 aliphatic heterocycles. The van der Waals surface area contributed by atoms with Crippen molar-refractivity contribution < 1.29 is 23.8 Å². The SMILES string of the molecule is CCOC(=O)C1=C(C)N=c2s/c(=C\c3ccc(-c4ccccc4C(=O)O)o3)c(=O)n2C1c1ccc(Br)cc1. The Morgan fingerprint density at radius 3 is 2.61 bits per heavy atom. The summed E-state index contributed by atoms with van der Waals surface area (Å²) < 4.78 is 13.9. The van der Waals surface area contributed by atoms with Crippen molar-refractivity contribution in [3.63, 3.8) is 0 Å². The molecule has 0 aliphatic carbocycles. The molecule has 1 aliphatic rings. The number of aromatic carboxylic acids is 1. The smallest absolute Gasteiger partial charge is 0.338 e. The number of ether oxygens (including phenoxy) is 1. The number of fused-ring (bicyclic) bond motifs is 1. The number of carbonyl (C=O) groups is 2. The summed E-state index contributed by atoms with van der Waals surface area (Å²) in [5.74, 6) is -0.835. The molecule has 0 amide bonds. The molecule has 3 heterocycles. The third-order valence-electron chi connectivity index (χ3n) is 6.03. The maximum atomic E-state index is 13.7. The Bertz CT molecular complexity index is 1780. The summed E-state index contributed by atoms with van der Waals surface area (Å²) in [5.41, 5.74) is 1.74. The number of allylic oxidation sites excluding steroid dienone is 1. The third kappa shape index (κ3) is 4.68. The second kappa shape index (κ2) is 10.4. The van der Waals surface area contributed by atoms with Crippen LogP contribution in [0.1, 0.15) is 41.6 Å². The standard InChI is InChI=1S/C28H21BrN2O6S/c1-3-36-27(35)23-15(2)30-28-31(24(23)16-8-10-17(29)11-9-16)25(32)22(38-28)14-18-12-13-21(37-18)19-6-4-5-7-20(19)26(33)34/h4-14,24H,3H2,1-2H3,(H,33,34)/b22-14-. The first kappa shape index (κ1) is 25.6. The molecule has 192 valence electrons. The van der Waals surface area contributed by atoms with Crippen molar-refractivity contribution >= 4 is 45.3 Å². The van der Waals surface area contributed by atoms with Crippen molar-refractivity contribution in [2.75, 3.05) is 6.61 Å². The normalized spacial score (nSPS) is 15.2. The van der Waals surface area contributed by atoms with E-state index in [4.69, 9.17) is 9.15 Å². The van der Waals surface area contributed by atoms with E-state index in [0.29, 0.717) is 37.7 Å². The number of hydrogen-bond acceptors (Lipinski definition) is 7. The summed E-state index contributed by atoms with van der Waals surface area (Å²) in [6, 6.07) is 16.6. The van der Waals surface area contributed by atoms with Gasteiger partial charge in [-0.15, -0.1) is 0 Å². The lowest BCUT2D eigenvalue weighted by atomic mass is 9.96. The molecule has 0 saturated heterocycles. The van der Waals surface area contributed by atoms with Crippen LogP contribution in [0, 0.1) is 0 Å². The van der Waals surface area contributed by atoms with Crippen molar-refractivity contribution in [1.82, 2.24) is 4.57 Å². The minimum atomic E-state index is -1.06. The summed E-state index contributed by atoms with van der Waals surface area (Å²) in [7, 11) is 0. The highest BCUT2D eigenvalue weighted by Crippen LogP contribution is 2.31. The number of benzene rings is 2. The molecule has 0 saturated carbocycles. The van der Waals surface area contributed by atoms with E-state index in [0.717, 1.165) is 10.0 Å². The number of carboxylic acid groups (broad SMARTS) is 1. The van der Waals surface area contributed by atoms with Gasteiger partial charge in [0.15, 0.2) is 4.80 Å². The second-order valence-corrected chi connectivity index (χ2v) is 10.3. The number of carbonyl (C=O) groups excluding carboxylic acids is 1. The Morgan fingerprint density at radius 2 is 1.89 bits per heavy atom. The fraction of sp³-hybridized carbons (Fsp3) is 0.143. The van der Waals surface area contributed by atoms with Gasteiger partial charge >= 0.3 is 11.9 Å². The Labute approximate surface area is 229 Å². The number of rotatable bonds is 6. The third-order valence-corrected chi connectivity index (χ3v) is 7.54. The maximum absolute atomic E-state index is 13.7. The monoisotopic (exact) mass is 592 g/mol. The van der Waals surface area contributed by atoms with Gasteiger partial charge in [-0.3, -0.25) is 9.36 Å². The highest BCUT2D eigenvalue weighted by atomic mass is 79.9. The predicted molar refractivity (Wildman–Crippen MR) is 146 cm³/mol. The molecule has 8 nitrogen and oxygen atoms in total. The number of esters is 1. The largest absolute Gasteiger partial charge is 0.478 e. The van der Waals surface area contributed by atoms with Crippen LogP contribution in [0.15, 0.2) is 90.6 Å². The first-order chi connectivity index (χ1) is 18.3. The molecule has 38 heavy (non-hydrogen) atoms. The molecule has 4 aromatic rings. The number of nitrogens with zero attached hydrogens (tertiary/aromatic N) is 2. The molecule has 5 rings (SSSR count). The second-order valence-electron chi connectivity index (χ2n) is 8.41. The Kier molecular flexibility index (Phi) is 7.00. The van der Waals surface area contributed by atoms with E-state index in [9.17, 15) is 19.5 Å². The zero-order chi connectivity index (χ0) is 27.0. The zero-order valence-electron chi connectivity index (χ0n) is 20.3. The maximum Gasteiger partial charge on any atom is 0.338 e. The molecule has 1 N–H and O–H groups in total. The van der Waals surface area contributed by atoms with E-state index < -0.39 is 18.0 Å². The summed E-state index contributed by atoms with van der Waals surface area (Å²) >= 11 is 4.61. The van der Waals surface area contributed by atoms with Crippen LogP contribution in [0.4, 0.5) is 0 Å². The molecule has 0 spiro atoms. The fourth-order valence-corrected chi connectivity index (χ4v) is 5.63. The Hall–Kier alpha value is -4.02. The molecule has 2 aromatic carbocycles. The van der Waals surface area contributed by atoms with Crippen LogP contribution in [0.5, 0.6) is 0 Å². The molecule has 1 atom stereocenters. The highest BCUT2D eigenvalue weighted by Gasteiger charge is 2.33. The number of aromatic nitrogens is 1. The minimum absolute atomic E-state index is 0.115. The van der Waals surface area contributed by atoms with Gasteiger partial charge in [0.2, 0.25) is 0 Å². The number of halogens is 1. The van der Waals surface area contributed by atoms with E-state index in [1.54, 1.807) is 50.3 Å². The van der Waals surface area contributed by atoms with Gasteiger partial charge in [0.05, 0.1) is 34.0 Å². The van der Waals surface area contributed by atoms with E-state index in [-0.39, 0.29) is 17.7 Å². The van der Waals surface area contributed by atoms with Gasteiger partial charge in [-0.05, 0) is 49.7 Å². The van der Waals surface area contributed by atoms with Crippen LogP contribution in [0.3, 0.4) is 0 Å². The Balaban J connectivity index is 1.64. The van der Waals surface area contributed by atoms with E-state index in [1.807, 2.05) is 24.3 Å². The fourth-order valence-electron chi connectivity index (χ4n) is 4.34. The zero-order valence-corrected chi connectivity index (χ0v) is 22.7. The number of furan rings is 1. The van der Waals surface area contributed by atoms with Crippen molar-refractivity contribution in [3.05, 3.63) is 113 Å². The molecule has 0 bridgehead atoms. The van der Waals surface area contributed by atoms with Crippen LogP contribution >= 0.6 is 27.3 Å². The summed E-state index contributed by atoms with van der Waals surface area (Å²) in [4.78, 5) is 43.3. The summed E-state index contributed by atoms with van der Waals surface area (Å²) in [5, 5.41) is 9.51. The lowest BCUT2D eigenvalue weighted by Gasteiger charge is -2.24. The van der Waals surface area contributed by atoms with Crippen LogP contribution in [-0.4, -0.2) is 28.2 Å². The summed E-state index contributed by atoms with van der Waals surface area (Å²) in [6.45, 7) is 3.65. The topological polar surface area (TPSA) is 111 Å². The lowest BCUT2D eigenvalue weighted by Crippen LogP contribution is -2.39. The minimum Gasteiger partial charge on any atom is -0.478 e. The number of hydrogen-bond donors (Lipinski definition) is 1. The quantitative estimate of drug-likeness (QED) is 0.329. The molecule has 2 aromatic heterocycles. The van der Waals surface area contributed by atoms with Gasteiger partial charge < -0.3 is 14.3 Å². The van der Waals surface area contributed by atoms with Crippen LogP contribution in [0.25, 0.3) is 17.4 Å². The average molecular weight is 593 g/mol. The van der Waals surface area contributed by atoms with E-state index in [2.05, 4.69) is 20.9 Å². The van der Waals surface area contributed by atoms with Crippen molar-refractivity contribution in [1.29, 1.82) is 0 Å². The first-order valence-corrected chi connectivity index (χ1v) is 13.3.